The van der Waals surface area contributed by atoms with Crippen molar-refractivity contribution in [2.45, 2.75) is 12.6 Å². The van der Waals surface area contributed by atoms with Crippen LogP contribution in [0.1, 0.15) is 17.6 Å². The highest BCUT2D eigenvalue weighted by molar-refractivity contribution is 14.1. The molecular formula is C7H2F6IN. The summed E-state index contributed by atoms with van der Waals surface area (Å²) in [7, 11) is 0. The van der Waals surface area contributed by atoms with Gasteiger partial charge < -0.3 is 0 Å². The SMILES string of the molecule is Fc1ncc(I)c(C(F)(F)F)c1C(F)F. The van der Waals surface area contributed by atoms with Gasteiger partial charge in [0.05, 0.1) is 11.1 Å². The zero-order valence-corrected chi connectivity index (χ0v) is 8.91. The molecule has 0 radical (unpaired) electrons. The lowest BCUT2D eigenvalue weighted by atomic mass is 10.1. The molecule has 1 aromatic rings. The van der Waals surface area contributed by atoms with Crippen LogP contribution in [-0.2, 0) is 6.18 Å². The molecule has 0 amide bonds. The Kier molecular flexibility index (Phi) is 3.46. The third-order valence-corrected chi connectivity index (χ3v) is 2.34. The highest BCUT2D eigenvalue weighted by Gasteiger charge is 2.40. The van der Waals surface area contributed by atoms with Crippen LogP contribution in [0.4, 0.5) is 26.3 Å². The fourth-order valence-corrected chi connectivity index (χ4v) is 1.70. The van der Waals surface area contributed by atoms with E-state index < -0.39 is 33.2 Å². The molecule has 0 saturated heterocycles. The van der Waals surface area contributed by atoms with E-state index in [9.17, 15) is 26.3 Å². The van der Waals surface area contributed by atoms with Gasteiger partial charge in [0.15, 0.2) is 0 Å². The molecule has 0 fully saturated rings. The van der Waals surface area contributed by atoms with Gasteiger partial charge in [-0.15, -0.1) is 0 Å². The van der Waals surface area contributed by atoms with E-state index >= 15 is 0 Å². The zero-order chi connectivity index (χ0) is 11.8. The molecule has 0 atom stereocenters. The van der Waals surface area contributed by atoms with Crippen molar-refractivity contribution < 1.29 is 26.3 Å². The first-order chi connectivity index (χ1) is 6.75. The largest absolute Gasteiger partial charge is 0.418 e. The summed E-state index contributed by atoms with van der Waals surface area (Å²) in [5.74, 6) is -1.79. The van der Waals surface area contributed by atoms with Crippen LogP contribution < -0.4 is 0 Å². The van der Waals surface area contributed by atoms with Crippen molar-refractivity contribution in [2.75, 3.05) is 0 Å². The van der Waals surface area contributed by atoms with Crippen molar-refractivity contribution in [1.82, 2.24) is 4.98 Å². The molecule has 1 nitrogen and oxygen atoms in total. The molecule has 1 rings (SSSR count). The Labute approximate surface area is 93.6 Å². The first-order valence-electron chi connectivity index (χ1n) is 3.44. The van der Waals surface area contributed by atoms with Gasteiger partial charge in [-0.05, 0) is 22.6 Å². The number of rotatable bonds is 1. The first kappa shape index (κ1) is 12.5. The van der Waals surface area contributed by atoms with Gasteiger partial charge in [-0.2, -0.15) is 17.6 Å². The molecule has 8 heteroatoms. The Balaban J connectivity index is 3.53. The van der Waals surface area contributed by atoms with E-state index in [2.05, 4.69) is 4.98 Å². The van der Waals surface area contributed by atoms with Crippen LogP contribution >= 0.6 is 22.6 Å². The summed E-state index contributed by atoms with van der Waals surface area (Å²) in [6, 6.07) is 0. The third-order valence-electron chi connectivity index (χ3n) is 1.52. The van der Waals surface area contributed by atoms with Gasteiger partial charge in [-0.25, -0.2) is 13.8 Å². The second-order valence-corrected chi connectivity index (χ2v) is 3.65. The number of halogens is 7. The van der Waals surface area contributed by atoms with Crippen molar-refractivity contribution in [2.24, 2.45) is 0 Å². The average Bonchev–Trinajstić information content (AvgIpc) is 2.05. The minimum Gasteiger partial charge on any atom is -0.227 e. The van der Waals surface area contributed by atoms with E-state index in [-0.39, 0.29) is 0 Å². The maximum Gasteiger partial charge on any atom is 0.418 e. The summed E-state index contributed by atoms with van der Waals surface area (Å²) >= 11 is 1.18. The number of alkyl halides is 5. The minimum absolute atomic E-state index is 0.559. The second-order valence-electron chi connectivity index (χ2n) is 2.48. The molecule has 0 bridgehead atoms. The van der Waals surface area contributed by atoms with Crippen LogP contribution in [0, 0.1) is 9.52 Å². The van der Waals surface area contributed by atoms with Crippen LogP contribution in [0.25, 0.3) is 0 Å². The smallest absolute Gasteiger partial charge is 0.227 e. The second kappa shape index (κ2) is 4.14. The quantitative estimate of drug-likeness (QED) is 0.430. The highest BCUT2D eigenvalue weighted by atomic mass is 127. The number of aromatic nitrogens is 1. The molecule has 1 aromatic heterocycles. The number of nitrogens with zero attached hydrogens (tertiary/aromatic N) is 1. The van der Waals surface area contributed by atoms with E-state index in [4.69, 9.17) is 0 Å². The molecule has 84 valence electrons. The Morgan fingerprint density at radius 1 is 1.27 bits per heavy atom. The van der Waals surface area contributed by atoms with Gasteiger partial charge in [0.2, 0.25) is 5.95 Å². The van der Waals surface area contributed by atoms with Crippen LogP contribution in [0.2, 0.25) is 0 Å². The van der Waals surface area contributed by atoms with Crippen LogP contribution in [0.5, 0.6) is 0 Å². The van der Waals surface area contributed by atoms with Crippen molar-refractivity contribution in [3.63, 3.8) is 0 Å². The van der Waals surface area contributed by atoms with Crippen molar-refractivity contribution in [3.05, 3.63) is 26.8 Å². The summed E-state index contributed by atoms with van der Waals surface area (Å²) in [4.78, 5) is 2.82. The Hall–Kier alpha value is -0.540. The fourth-order valence-electron chi connectivity index (χ4n) is 0.966. The topological polar surface area (TPSA) is 12.9 Å². The van der Waals surface area contributed by atoms with Crippen molar-refractivity contribution in [3.8, 4) is 0 Å². The lowest BCUT2D eigenvalue weighted by molar-refractivity contribution is -0.140. The van der Waals surface area contributed by atoms with Crippen LogP contribution in [-0.4, -0.2) is 4.98 Å². The molecule has 0 aliphatic carbocycles. The van der Waals surface area contributed by atoms with Crippen LogP contribution in [0.15, 0.2) is 6.20 Å². The minimum atomic E-state index is -5.02. The highest BCUT2D eigenvalue weighted by Crippen LogP contribution is 2.39. The third kappa shape index (κ3) is 2.52. The monoisotopic (exact) mass is 341 g/mol. The summed E-state index contributed by atoms with van der Waals surface area (Å²) in [6.45, 7) is 0. The summed E-state index contributed by atoms with van der Waals surface area (Å²) in [5, 5.41) is 0. The van der Waals surface area contributed by atoms with Gasteiger partial charge in [-0.3, -0.25) is 0 Å². The van der Waals surface area contributed by atoms with Gasteiger partial charge in [0.25, 0.3) is 6.43 Å². The van der Waals surface area contributed by atoms with E-state index in [1.54, 1.807) is 0 Å². The molecule has 1 heterocycles. The standard InChI is InChI=1S/C7H2F6IN/c8-5(9)3-4(7(11,12)13)2(14)1-15-6(3)10/h1,5H. The molecular weight excluding hydrogens is 339 g/mol. The van der Waals surface area contributed by atoms with Gasteiger partial charge >= 0.3 is 6.18 Å². The molecule has 0 saturated carbocycles. The van der Waals surface area contributed by atoms with Gasteiger partial charge in [0, 0.05) is 9.77 Å². The lowest BCUT2D eigenvalue weighted by Crippen LogP contribution is -2.14. The van der Waals surface area contributed by atoms with Crippen molar-refractivity contribution >= 4 is 22.6 Å². The van der Waals surface area contributed by atoms with Gasteiger partial charge in [0.1, 0.15) is 0 Å². The van der Waals surface area contributed by atoms with E-state index in [0.29, 0.717) is 6.20 Å². The fraction of sp³-hybridized carbons (Fsp3) is 0.286. The Morgan fingerprint density at radius 2 is 1.80 bits per heavy atom. The first-order valence-corrected chi connectivity index (χ1v) is 4.52. The molecule has 0 aromatic carbocycles. The Bertz CT molecular complexity index is 374. The van der Waals surface area contributed by atoms with E-state index in [1.165, 1.54) is 22.6 Å². The molecule has 0 unspecified atom stereocenters. The molecule has 15 heavy (non-hydrogen) atoms. The average molecular weight is 341 g/mol. The molecule has 0 N–H and O–H groups in total. The predicted molar refractivity (Wildman–Crippen MR) is 46.9 cm³/mol. The number of hydrogen-bond donors (Lipinski definition) is 0. The van der Waals surface area contributed by atoms with Crippen molar-refractivity contribution in [1.29, 1.82) is 0 Å². The predicted octanol–water partition coefficient (Wildman–Crippen LogP) is 3.78. The van der Waals surface area contributed by atoms with Gasteiger partial charge in [-0.1, -0.05) is 0 Å². The van der Waals surface area contributed by atoms with E-state index in [0.717, 1.165) is 0 Å². The van der Waals surface area contributed by atoms with E-state index in [1.807, 2.05) is 0 Å². The Morgan fingerprint density at radius 3 is 2.13 bits per heavy atom. The summed E-state index contributed by atoms with van der Waals surface area (Å²) in [5.41, 5.74) is -3.36. The molecule has 0 spiro atoms. The molecule has 0 aliphatic heterocycles. The number of pyridine rings is 1. The van der Waals surface area contributed by atoms with Crippen LogP contribution in [0.3, 0.4) is 0 Å². The normalized spacial score (nSPS) is 12.3. The maximum atomic E-state index is 12.7. The number of hydrogen-bond acceptors (Lipinski definition) is 1. The molecule has 0 aliphatic rings. The lowest BCUT2D eigenvalue weighted by Gasteiger charge is -2.13. The summed E-state index contributed by atoms with van der Waals surface area (Å²) in [6.07, 6.45) is -8.01. The summed E-state index contributed by atoms with van der Waals surface area (Å²) < 4.78 is 73.5. The maximum absolute atomic E-state index is 12.7. The zero-order valence-electron chi connectivity index (χ0n) is 6.75.